The Labute approximate surface area is 168 Å². The SMILES string of the molecule is O=S(=O)([O-])[O-].O=S(=O)([O-])[O-].O=S(=O)([O-])[O-].[Cs+].[V]. The Morgan fingerprint density at radius 1 is 0.471 bits per heavy atom. The molecule has 0 saturated carbocycles. The fourth-order valence-electron chi connectivity index (χ4n) is 0. The summed E-state index contributed by atoms with van der Waals surface area (Å²) in [6.45, 7) is 0. The van der Waals surface area contributed by atoms with Crippen LogP contribution in [-0.2, 0) is 49.8 Å². The molecular formula is CsO12S3V-5. The van der Waals surface area contributed by atoms with Crippen molar-refractivity contribution in [3.63, 3.8) is 0 Å². The van der Waals surface area contributed by atoms with E-state index in [2.05, 4.69) is 0 Å². The van der Waals surface area contributed by atoms with Crippen LogP contribution in [0.15, 0.2) is 0 Å². The Morgan fingerprint density at radius 2 is 0.471 bits per heavy atom. The molecule has 0 aromatic heterocycles. The van der Waals surface area contributed by atoms with Gasteiger partial charge >= 0.3 is 68.9 Å². The zero-order valence-electron chi connectivity index (χ0n) is 7.57. The third-order valence-electron chi connectivity index (χ3n) is 0. The smallest absolute Gasteiger partial charge is 0.759 e. The van der Waals surface area contributed by atoms with Crippen molar-refractivity contribution in [2.24, 2.45) is 0 Å². The van der Waals surface area contributed by atoms with E-state index < -0.39 is 31.2 Å². The van der Waals surface area contributed by atoms with Crippen molar-refractivity contribution in [2.75, 3.05) is 0 Å². The summed E-state index contributed by atoms with van der Waals surface area (Å²) in [6, 6.07) is 0. The summed E-state index contributed by atoms with van der Waals surface area (Å²) in [4.78, 5) is 0. The van der Waals surface area contributed by atoms with Crippen molar-refractivity contribution in [3.05, 3.63) is 0 Å². The topological polar surface area (TPSA) is 241 Å². The minimum Gasteiger partial charge on any atom is -0.759 e. The van der Waals surface area contributed by atoms with Crippen LogP contribution < -0.4 is 68.9 Å². The van der Waals surface area contributed by atoms with Gasteiger partial charge in [0.1, 0.15) is 0 Å². The molecule has 0 amide bonds. The molecule has 12 nitrogen and oxygen atoms in total. The maximum atomic E-state index is 8.52. The number of rotatable bonds is 0. The summed E-state index contributed by atoms with van der Waals surface area (Å²) in [5.41, 5.74) is 0. The fourth-order valence-corrected chi connectivity index (χ4v) is 0. The van der Waals surface area contributed by atoms with E-state index in [1.165, 1.54) is 0 Å². The average Bonchev–Trinajstić information content (AvgIpc) is 1.41. The van der Waals surface area contributed by atoms with Gasteiger partial charge in [0.25, 0.3) is 0 Å². The molecule has 0 saturated heterocycles. The van der Waals surface area contributed by atoms with Gasteiger partial charge in [-0.05, 0) is 0 Å². The molecule has 0 aromatic rings. The predicted octanol–water partition coefficient (Wildman–Crippen LogP) is -7.01. The molecule has 0 aliphatic heterocycles. The first-order valence-electron chi connectivity index (χ1n) is 2.00. The Balaban J connectivity index is -0.0000000400. The second-order valence-electron chi connectivity index (χ2n) is 1.22. The molecule has 0 rings (SSSR count). The van der Waals surface area contributed by atoms with Gasteiger partial charge in [0.2, 0.25) is 0 Å². The Bertz CT molecular complexity index is 343. The Kier molecular flexibility index (Phi) is 24.6. The van der Waals surface area contributed by atoms with Crippen molar-refractivity contribution >= 4 is 31.2 Å². The van der Waals surface area contributed by atoms with E-state index in [4.69, 9.17) is 52.6 Å². The summed E-state index contributed by atoms with van der Waals surface area (Å²) in [5.74, 6) is 0. The van der Waals surface area contributed by atoms with Crippen LogP contribution in [0.25, 0.3) is 0 Å². The summed E-state index contributed by atoms with van der Waals surface area (Å²) >= 11 is 0. The largest absolute Gasteiger partial charge is 1.00 e. The molecule has 0 unspecified atom stereocenters. The van der Waals surface area contributed by atoms with Crippen LogP contribution in [0.3, 0.4) is 0 Å². The molecule has 0 bridgehead atoms. The molecule has 0 heterocycles. The van der Waals surface area contributed by atoms with Crippen LogP contribution in [0.5, 0.6) is 0 Å². The molecule has 0 aliphatic rings. The average molecular weight is 472 g/mol. The monoisotopic (exact) mass is 472 g/mol. The van der Waals surface area contributed by atoms with E-state index in [-0.39, 0.29) is 87.4 Å². The van der Waals surface area contributed by atoms with Gasteiger partial charge in [-0.2, -0.15) is 0 Å². The fraction of sp³-hybridized carbons (Fsp3) is 0. The van der Waals surface area contributed by atoms with Crippen LogP contribution in [-0.4, -0.2) is 52.6 Å². The second-order valence-corrected chi connectivity index (χ2v) is 3.67. The van der Waals surface area contributed by atoms with Gasteiger partial charge in [0, 0.05) is 49.8 Å². The van der Waals surface area contributed by atoms with E-state index in [1.807, 2.05) is 0 Å². The quantitative estimate of drug-likeness (QED) is 0.236. The van der Waals surface area contributed by atoms with Gasteiger partial charge in [-0.25, -0.2) is 0 Å². The van der Waals surface area contributed by atoms with E-state index in [9.17, 15) is 0 Å². The normalized spacial score (nSPS) is 10.2. The van der Waals surface area contributed by atoms with Crippen LogP contribution in [0.2, 0.25) is 0 Å². The van der Waals surface area contributed by atoms with E-state index in [1.54, 1.807) is 0 Å². The van der Waals surface area contributed by atoms with Crippen molar-refractivity contribution in [1.29, 1.82) is 0 Å². The number of hydrogen-bond donors (Lipinski definition) is 0. The molecular weight excluding hydrogens is 472 g/mol. The minimum atomic E-state index is -5.17. The Hall–Kier alpha value is 2.25. The third-order valence-corrected chi connectivity index (χ3v) is 0. The van der Waals surface area contributed by atoms with E-state index >= 15 is 0 Å². The van der Waals surface area contributed by atoms with Crippen LogP contribution in [0.4, 0.5) is 0 Å². The molecule has 17 heavy (non-hydrogen) atoms. The molecule has 1 radical (unpaired) electrons. The van der Waals surface area contributed by atoms with Crippen molar-refractivity contribution in [1.82, 2.24) is 0 Å². The first kappa shape index (κ1) is 31.6. The van der Waals surface area contributed by atoms with Gasteiger partial charge in [0.15, 0.2) is 0 Å². The molecule has 0 atom stereocenters. The van der Waals surface area contributed by atoms with Gasteiger partial charge in [-0.15, -0.1) is 0 Å². The predicted molar refractivity (Wildman–Crippen MR) is 31.4 cm³/mol. The van der Waals surface area contributed by atoms with Crippen molar-refractivity contribution in [3.8, 4) is 0 Å². The van der Waals surface area contributed by atoms with Gasteiger partial charge < -0.3 is 27.3 Å². The summed E-state index contributed by atoms with van der Waals surface area (Å²) in [6.07, 6.45) is 0. The molecule has 0 spiro atoms. The molecule has 17 heteroatoms. The van der Waals surface area contributed by atoms with E-state index in [0.29, 0.717) is 0 Å². The second kappa shape index (κ2) is 13.2. The third kappa shape index (κ3) is 954. The molecule has 0 N–H and O–H groups in total. The minimum absolute atomic E-state index is 0. The van der Waals surface area contributed by atoms with Crippen molar-refractivity contribution in [2.45, 2.75) is 0 Å². The molecule has 0 fully saturated rings. The number of hydrogen-bond acceptors (Lipinski definition) is 12. The molecule has 101 valence electrons. The molecule has 0 aromatic carbocycles. The van der Waals surface area contributed by atoms with Gasteiger partial charge in [-0.1, -0.05) is 0 Å². The first-order chi connectivity index (χ1) is 6.00. The zero-order chi connectivity index (χ0) is 13.5. The van der Waals surface area contributed by atoms with E-state index in [0.717, 1.165) is 0 Å². The van der Waals surface area contributed by atoms with Gasteiger partial charge in [0.05, 0.1) is 0 Å². The van der Waals surface area contributed by atoms with Crippen molar-refractivity contribution < 1.29 is 140 Å². The van der Waals surface area contributed by atoms with Gasteiger partial charge in [-0.3, -0.25) is 25.3 Å². The van der Waals surface area contributed by atoms with Crippen LogP contribution in [0.1, 0.15) is 0 Å². The summed E-state index contributed by atoms with van der Waals surface area (Å²) < 4.78 is 102. The maximum Gasteiger partial charge on any atom is 1.00 e. The zero-order valence-corrected chi connectivity index (χ0v) is 17.7. The van der Waals surface area contributed by atoms with Crippen LogP contribution >= 0.6 is 0 Å². The first-order valence-corrected chi connectivity index (χ1v) is 6.00. The summed E-state index contributed by atoms with van der Waals surface area (Å²) in [5, 5.41) is 0. The Morgan fingerprint density at radius 3 is 0.471 bits per heavy atom. The summed E-state index contributed by atoms with van der Waals surface area (Å²) in [7, 11) is -15.5. The standard InChI is InChI=1S/Cs.3H2O4S.V/c;3*1-5(2,3)4;/h;3*(H2,1,2,3,4);/q+1;;;;/p-6. The molecule has 0 aliphatic carbocycles. The van der Waals surface area contributed by atoms with Crippen LogP contribution in [0, 0.1) is 0 Å². The maximum absolute atomic E-state index is 8.52.